The molecular formula is C19H28ClN3O4. The van der Waals surface area contributed by atoms with Crippen molar-refractivity contribution in [3.63, 3.8) is 0 Å². The fraction of sp³-hybridized carbons (Fsp3) is 0.579. The molecule has 0 aliphatic carbocycles. The van der Waals surface area contributed by atoms with Gasteiger partial charge in [0.15, 0.2) is 6.61 Å². The van der Waals surface area contributed by atoms with E-state index in [1.54, 1.807) is 12.0 Å². The highest BCUT2D eigenvalue weighted by Gasteiger charge is 2.39. The number of carbonyl (C=O) groups is 2. The number of halogens is 1. The number of benzene rings is 1. The smallest absolute Gasteiger partial charge is 0.265 e. The number of anilines is 1. The molecule has 2 aliphatic rings. The third-order valence-electron chi connectivity index (χ3n) is 5.12. The maximum Gasteiger partial charge on any atom is 0.265 e. The number of ether oxygens (including phenoxy) is 2. The van der Waals surface area contributed by atoms with Crippen molar-refractivity contribution in [1.82, 2.24) is 10.6 Å². The molecule has 1 aromatic carbocycles. The van der Waals surface area contributed by atoms with Gasteiger partial charge in [-0.15, -0.1) is 12.4 Å². The topological polar surface area (TPSA) is 79.9 Å². The summed E-state index contributed by atoms with van der Waals surface area (Å²) in [6, 6.07) is 7.53. The first-order valence-corrected chi connectivity index (χ1v) is 9.16. The number of fused-ring (bicyclic) bond motifs is 1. The van der Waals surface area contributed by atoms with Crippen LogP contribution in [0.5, 0.6) is 5.75 Å². The zero-order chi connectivity index (χ0) is 18.4. The van der Waals surface area contributed by atoms with E-state index in [1.807, 2.05) is 24.3 Å². The molecule has 2 amide bonds. The molecular weight excluding hydrogens is 370 g/mol. The van der Waals surface area contributed by atoms with Crippen molar-refractivity contribution < 1.29 is 19.1 Å². The number of amides is 2. The van der Waals surface area contributed by atoms with E-state index in [4.69, 9.17) is 9.47 Å². The Kier molecular flexibility index (Phi) is 7.89. The monoisotopic (exact) mass is 397 g/mol. The maximum absolute atomic E-state index is 12.7. The Bertz CT molecular complexity index is 644. The molecule has 2 heterocycles. The van der Waals surface area contributed by atoms with Crippen LogP contribution in [0.2, 0.25) is 0 Å². The summed E-state index contributed by atoms with van der Waals surface area (Å²) in [5, 5.41) is 6.33. The van der Waals surface area contributed by atoms with Gasteiger partial charge in [-0.05, 0) is 44.5 Å². The van der Waals surface area contributed by atoms with E-state index < -0.39 is 5.41 Å². The van der Waals surface area contributed by atoms with Crippen molar-refractivity contribution in [2.45, 2.75) is 19.3 Å². The molecule has 0 aromatic heterocycles. The van der Waals surface area contributed by atoms with Gasteiger partial charge < -0.3 is 25.0 Å². The molecule has 150 valence electrons. The number of carbonyl (C=O) groups excluding carboxylic acids is 2. The molecule has 0 atom stereocenters. The van der Waals surface area contributed by atoms with Crippen molar-refractivity contribution in [3.05, 3.63) is 24.3 Å². The van der Waals surface area contributed by atoms with E-state index in [-0.39, 0.29) is 30.8 Å². The molecule has 2 N–H and O–H groups in total. The van der Waals surface area contributed by atoms with Gasteiger partial charge in [0.05, 0.1) is 17.7 Å². The lowest BCUT2D eigenvalue weighted by Crippen LogP contribution is -2.50. The molecule has 8 heteroatoms. The number of hydrogen-bond acceptors (Lipinski definition) is 5. The zero-order valence-electron chi connectivity index (χ0n) is 15.7. The fourth-order valence-corrected chi connectivity index (χ4v) is 3.64. The van der Waals surface area contributed by atoms with E-state index in [0.717, 1.165) is 37.4 Å². The Morgan fingerprint density at radius 2 is 2.07 bits per heavy atom. The molecule has 0 saturated carbocycles. The van der Waals surface area contributed by atoms with Crippen LogP contribution in [-0.4, -0.2) is 58.3 Å². The highest BCUT2D eigenvalue weighted by molar-refractivity contribution is 5.97. The van der Waals surface area contributed by atoms with Crippen molar-refractivity contribution in [2.75, 3.05) is 51.4 Å². The van der Waals surface area contributed by atoms with Crippen LogP contribution in [0.4, 0.5) is 5.69 Å². The molecule has 1 aromatic rings. The van der Waals surface area contributed by atoms with Crippen LogP contribution in [-0.2, 0) is 14.3 Å². The van der Waals surface area contributed by atoms with Gasteiger partial charge in [-0.3, -0.25) is 9.59 Å². The Morgan fingerprint density at radius 3 is 2.81 bits per heavy atom. The van der Waals surface area contributed by atoms with Gasteiger partial charge in [0.25, 0.3) is 5.91 Å². The van der Waals surface area contributed by atoms with Gasteiger partial charge in [-0.2, -0.15) is 0 Å². The van der Waals surface area contributed by atoms with Gasteiger partial charge >= 0.3 is 0 Å². The summed E-state index contributed by atoms with van der Waals surface area (Å²) in [4.78, 5) is 26.6. The minimum absolute atomic E-state index is 0. The van der Waals surface area contributed by atoms with Gasteiger partial charge in [0.1, 0.15) is 5.75 Å². The summed E-state index contributed by atoms with van der Waals surface area (Å²) < 4.78 is 10.8. The molecule has 1 fully saturated rings. The first-order valence-electron chi connectivity index (χ1n) is 9.16. The number of rotatable bonds is 7. The average Bonchev–Trinajstić information content (AvgIpc) is 2.67. The van der Waals surface area contributed by atoms with Crippen molar-refractivity contribution in [3.8, 4) is 5.75 Å². The lowest BCUT2D eigenvalue weighted by molar-refractivity contribution is -0.136. The van der Waals surface area contributed by atoms with E-state index in [0.29, 0.717) is 26.1 Å². The second-order valence-electron chi connectivity index (χ2n) is 6.87. The number of hydrogen-bond donors (Lipinski definition) is 2. The lowest BCUT2D eigenvalue weighted by Gasteiger charge is -2.35. The molecule has 0 unspecified atom stereocenters. The van der Waals surface area contributed by atoms with Crippen LogP contribution >= 0.6 is 12.4 Å². The largest absolute Gasteiger partial charge is 0.482 e. The number of nitrogens with zero attached hydrogens (tertiary/aromatic N) is 1. The zero-order valence-corrected chi connectivity index (χ0v) is 16.5. The molecule has 3 rings (SSSR count). The van der Waals surface area contributed by atoms with Gasteiger partial charge in [-0.1, -0.05) is 12.1 Å². The summed E-state index contributed by atoms with van der Waals surface area (Å²) in [6.45, 7) is 3.25. The Hall–Kier alpha value is -1.83. The van der Waals surface area contributed by atoms with E-state index in [1.165, 1.54) is 0 Å². The third-order valence-corrected chi connectivity index (χ3v) is 5.12. The van der Waals surface area contributed by atoms with Crippen molar-refractivity contribution in [1.29, 1.82) is 0 Å². The highest BCUT2D eigenvalue weighted by atomic mass is 35.5. The molecule has 27 heavy (non-hydrogen) atoms. The van der Waals surface area contributed by atoms with Gasteiger partial charge in [0.2, 0.25) is 5.91 Å². The van der Waals surface area contributed by atoms with E-state index in [9.17, 15) is 9.59 Å². The summed E-state index contributed by atoms with van der Waals surface area (Å²) in [5.41, 5.74) is 0.353. The van der Waals surface area contributed by atoms with Crippen LogP contribution in [0.3, 0.4) is 0 Å². The maximum atomic E-state index is 12.7. The first-order chi connectivity index (χ1) is 12.7. The second-order valence-corrected chi connectivity index (χ2v) is 6.87. The number of nitrogens with one attached hydrogen (secondary N) is 2. The number of piperidine rings is 1. The average molecular weight is 398 g/mol. The summed E-state index contributed by atoms with van der Waals surface area (Å²) >= 11 is 0. The van der Waals surface area contributed by atoms with Crippen LogP contribution < -0.4 is 20.3 Å². The van der Waals surface area contributed by atoms with E-state index >= 15 is 0 Å². The van der Waals surface area contributed by atoms with Crippen molar-refractivity contribution >= 4 is 29.9 Å². The predicted octanol–water partition coefficient (Wildman–Crippen LogP) is 1.36. The predicted molar refractivity (Wildman–Crippen MR) is 106 cm³/mol. The fourth-order valence-electron chi connectivity index (χ4n) is 3.64. The lowest BCUT2D eigenvalue weighted by atomic mass is 9.78. The SMILES string of the molecule is COCC1(C(=O)NCCCN2C(=O)COc3ccccc32)CCNCC1.Cl. The summed E-state index contributed by atoms with van der Waals surface area (Å²) in [7, 11) is 1.64. The first kappa shape index (κ1) is 21.5. The van der Waals surface area contributed by atoms with Gasteiger partial charge in [0, 0.05) is 20.2 Å². The second kappa shape index (κ2) is 9.92. The number of methoxy groups -OCH3 is 1. The Labute approximate surface area is 166 Å². The molecule has 0 spiro atoms. The van der Waals surface area contributed by atoms with Crippen LogP contribution in [0, 0.1) is 5.41 Å². The highest BCUT2D eigenvalue weighted by Crippen LogP contribution is 2.31. The van der Waals surface area contributed by atoms with E-state index in [2.05, 4.69) is 10.6 Å². The Balaban J connectivity index is 0.00000261. The molecule has 0 bridgehead atoms. The van der Waals surface area contributed by atoms with Crippen molar-refractivity contribution in [2.24, 2.45) is 5.41 Å². The van der Waals surface area contributed by atoms with Gasteiger partial charge in [-0.25, -0.2) is 0 Å². The molecule has 1 saturated heterocycles. The normalized spacial score (nSPS) is 18.1. The van der Waals surface area contributed by atoms with Crippen LogP contribution in [0.15, 0.2) is 24.3 Å². The number of para-hydroxylation sites is 2. The molecule has 2 aliphatic heterocycles. The third kappa shape index (κ3) is 4.91. The summed E-state index contributed by atoms with van der Waals surface area (Å²) in [6.07, 6.45) is 2.25. The minimum atomic E-state index is -0.443. The molecule has 0 radical (unpaired) electrons. The van der Waals surface area contributed by atoms with Crippen LogP contribution in [0.1, 0.15) is 19.3 Å². The Morgan fingerprint density at radius 1 is 1.33 bits per heavy atom. The standard InChI is InChI=1S/C19H27N3O4.ClH/c1-25-14-19(7-10-20-11-8-19)18(24)21-9-4-12-22-15-5-2-3-6-16(15)26-13-17(22)23;/h2-3,5-6,20H,4,7-14H2,1H3,(H,21,24);1H. The summed E-state index contributed by atoms with van der Waals surface area (Å²) in [5.74, 6) is 0.726. The molecule has 7 nitrogen and oxygen atoms in total. The van der Waals surface area contributed by atoms with Crippen LogP contribution in [0.25, 0.3) is 0 Å². The quantitative estimate of drug-likeness (QED) is 0.679. The minimum Gasteiger partial charge on any atom is -0.482 e.